The van der Waals surface area contributed by atoms with Gasteiger partial charge in [0, 0.05) is 13.0 Å². The molecular weight excluding hydrogens is 837 g/mol. The quantitative estimate of drug-likeness (QED) is 0.0197. The van der Waals surface area contributed by atoms with Crippen molar-refractivity contribution in [3.05, 3.63) is 48.6 Å². The molecule has 1 aliphatic heterocycles. The molecule has 0 amide bonds. The van der Waals surface area contributed by atoms with Crippen molar-refractivity contribution in [2.45, 2.75) is 243 Å². The lowest BCUT2D eigenvalue weighted by atomic mass is 9.99. The molecule has 0 bridgehead atoms. The number of aliphatic hydroxyl groups excluding tert-OH is 3. The summed E-state index contributed by atoms with van der Waals surface area (Å²) < 4.78 is 59.1. The smallest absolute Gasteiger partial charge is 0.397 e. The van der Waals surface area contributed by atoms with Gasteiger partial charge in [-0.05, 0) is 38.5 Å². The number of esters is 1. The van der Waals surface area contributed by atoms with Crippen LogP contribution in [-0.2, 0) is 38.3 Å². The van der Waals surface area contributed by atoms with Crippen molar-refractivity contribution >= 4 is 16.4 Å². The minimum atomic E-state index is -5.07. The highest BCUT2D eigenvalue weighted by molar-refractivity contribution is 7.80. The standard InChI is InChI=1S/C51H92O12S/c1-3-5-7-9-11-13-15-17-18-19-20-21-22-23-24-25-26-27-29-31-33-35-37-39-41-59-43-45(44-60-51-49(55)50(63-64(56,57)58)48(54)46(42-52)62-51)61-47(53)40-38-36-34-32-30-28-16-14-12-10-8-6-4-2/h6,8,12,14,28,30,34,36,45-46,48-52,54-55H,3-5,7,9-11,13,15-27,29,31-33,35,37-44H2,1-2H3,(H,56,57,58)/b8-6-,14-12-,30-28-,36-34-. The summed E-state index contributed by atoms with van der Waals surface area (Å²) in [5, 5.41) is 30.7. The van der Waals surface area contributed by atoms with Gasteiger partial charge in [-0.2, -0.15) is 8.42 Å². The van der Waals surface area contributed by atoms with Crippen molar-refractivity contribution < 1.29 is 56.2 Å². The third kappa shape index (κ3) is 35.3. The minimum absolute atomic E-state index is 0.00881. The van der Waals surface area contributed by atoms with Gasteiger partial charge in [0.1, 0.15) is 30.5 Å². The zero-order chi connectivity index (χ0) is 46.8. The number of hydrogen-bond donors (Lipinski definition) is 4. The summed E-state index contributed by atoms with van der Waals surface area (Å²) in [6.45, 7) is 3.81. The summed E-state index contributed by atoms with van der Waals surface area (Å²) in [7, 11) is -5.07. The molecule has 1 saturated heterocycles. The molecule has 12 nitrogen and oxygen atoms in total. The number of carbonyl (C=O) groups excluding carboxylic acids is 1. The van der Waals surface area contributed by atoms with Gasteiger partial charge in [0.15, 0.2) is 6.29 Å². The monoisotopic (exact) mass is 929 g/mol. The van der Waals surface area contributed by atoms with Gasteiger partial charge in [0.05, 0.1) is 19.8 Å². The summed E-state index contributed by atoms with van der Waals surface area (Å²) >= 11 is 0. The molecule has 6 unspecified atom stereocenters. The van der Waals surface area contributed by atoms with E-state index >= 15 is 0 Å². The number of aliphatic hydroxyl groups is 3. The van der Waals surface area contributed by atoms with Crippen LogP contribution in [0.25, 0.3) is 0 Å². The number of unbranched alkanes of at least 4 members (excludes halogenated alkanes) is 23. The highest BCUT2D eigenvalue weighted by Crippen LogP contribution is 2.26. The average Bonchev–Trinajstić information content (AvgIpc) is 3.27. The first-order chi connectivity index (χ1) is 31.1. The van der Waals surface area contributed by atoms with Gasteiger partial charge >= 0.3 is 16.4 Å². The minimum Gasteiger partial charge on any atom is -0.457 e. The summed E-state index contributed by atoms with van der Waals surface area (Å²) in [6.07, 6.45) is 43.3. The SMILES string of the molecule is CC/C=C\C/C=C\C/C=C\C/C=C\CCC(=O)OC(COCCCCCCCCCCCCCCCCCCCCCCCCCC)COC1OC(CO)C(O)C(OS(=O)(=O)O)C1O. The Balaban J connectivity index is 2.33. The number of rotatable bonds is 44. The van der Waals surface area contributed by atoms with E-state index in [2.05, 4.69) is 54.5 Å². The van der Waals surface area contributed by atoms with Crippen LogP contribution < -0.4 is 0 Å². The van der Waals surface area contributed by atoms with Crippen LogP contribution in [0.5, 0.6) is 0 Å². The zero-order valence-electron chi connectivity index (χ0n) is 40.1. The lowest BCUT2D eigenvalue weighted by molar-refractivity contribution is -0.301. The predicted octanol–water partition coefficient (Wildman–Crippen LogP) is 11.5. The molecule has 0 radical (unpaired) electrons. The van der Waals surface area contributed by atoms with E-state index < -0.39 is 59.8 Å². The van der Waals surface area contributed by atoms with Gasteiger partial charge in [-0.1, -0.05) is 210 Å². The van der Waals surface area contributed by atoms with Gasteiger partial charge in [-0.25, -0.2) is 4.18 Å². The fourth-order valence-corrected chi connectivity index (χ4v) is 8.20. The second kappa shape index (κ2) is 42.4. The zero-order valence-corrected chi connectivity index (χ0v) is 40.9. The summed E-state index contributed by atoms with van der Waals surface area (Å²) in [5.74, 6) is -0.476. The van der Waals surface area contributed by atoms with Gasteiger partial charge in [0.2, 0.25) is 0 Å². The van der Waals surface area contributed by atoms with E-state index in [0.29, 0.717) is 13.0 Å². The normalized spacial score (nSPS) is 20.1. The van der Waals surface area contributed by atoms with Crippen LogP contribution in [0.3, 0.4) is 0 Å². The molecule has 0 aromatic heterocycles. The molecule has 374 valence electrons. The summed E-state index contributed by atoms with van der Waals surface area (Å²) in [6, 6.07) is 0. The lowest BCUT2D eigenvalue weighted by Gasteiger charge is -2.41. The molecule has 0 spiro atoms. The number of carbonyl (C=O) groups is 1. The van der Waals surface area contributed by atoms with E-state index in [0.717, 1.165) is 44.9 Å². The number of allylic oxidation sites excluding steroid dienone is 8. The molecule has 4 N–H and O–H groups in total. The Bertz CT molecular complexity index is 1300. The van der Waals surface area contributed by atoms with Crippen LogP contribution in [0.2, 0.25) is 0 Å². The molecule has 0 aliphatic carbocycles. The second-order valence-electron chi connectivity index (χ2n) is 17.4. The predicted molar refractivity (Wildman–Crippen MR) is 257 cm³/mol. The highest BCUT2D eigenvalue weighted by Gasteiger charge is 2.48. The Labute approximate surface area is 389 Å². The Kier molecular flexibility index (Phi) is 39.8. The molecule has 0 saturated carbocycles. The van der Waals surface area contributed by atoms with E-state index in [4.69, 9.17) is 18.9 Å². The summed E-state index contributed by atoms with van der Waals surface area (Å²) in [5.41, 5.74) is 0. The van der Waals surface area contributed by atoms with Crippen molar-refractivity contribution in [2.75, 3.05) is 26.4 Å². The number of ether oxygens (including phenoxy) is 4. The first-order valence-corrected chi connectivity index (χ1v) is 26.8. The van der Waals surface area contributed by atoms with E-state index in [1.165, 1.54) is 135 Å². The highest BCUT2D eigenvalue weighted by atomic mass is 32.3. The maximum absolute atomic E-state index is 12.8. The molecule has 64 heavy (non-hydrogen) atoms. The molecule has 6 atom stereocenters. The third-order valence-electron chi connectivity index (χ3n) is 11.5. The van der Waals surface area contributed by atoms with Gasteiger partial charge in [-0.3, -0.25) is 9.35 Å². The van der Waals surface area contributed by atoms with Crippen LogP contribution in [0.1, 0.15) is 206 Å². The Morgan fingerprint density at radius 2 is 1.05 bits per heavy atom. The molecule has 13 heteroatoms. The van der Waals surface area contributed by atoms with Crippen molar-refractivity contribution in [2.24, 2.45) is 0 Å². The van der Waals surface area contributed by atoms with Crippen LogP contribution in [-0.4, -0.2) is 97.5 Å². The van der Waals surface area contributed by atoms with Crippen molar-refractivity contribution in [1.29, 1.82) is 0 Å². The van der Waals surface area contributed by atoms with Crippen LogP contribution in [0, 0.1) is 0 Å². The van der Waals surface area contributed by atoms with Gasteiger partial charge < -0.3 is 34.3 Å². The van der Waals surface area contributed by atoms with Crippen molar-refractivity contribution in [1.82, 2.24) is 0 Å². The van der Waals surface area contributed by atoms with Crippen molar-refractivity contribution in [3.8, 4) is 0 Å². The van der Waals surface area contributed by atoms with E-state index in [9.17, 15) is 33.1 Å². The molecule has 0 aromatic carbocycles. The van der Waals surface area contributed by atoms with Crippen LogP contribution >= 0.6 is 0 Å². The van der Waals surface area contributed by atoms with E-state index in [1.807, 2.05) is 12.2 Å². The van der Waals surface area contributed by atoms with E-state index in [1.54, 1.807) is 0 Å². The van der Waals surface area contributed by atoms with E-state index in [-0.39, 0.29) is 19.6 Å². The third-order valence-corrected chi connectivity index (χ3v) is 11.9. The maximum atomic E-state index is 12.8. The first kappa shape index (κ1) is 60.1. The average molecular weight is 929 g/mol. The lowest BCUT2D eigenvalue weighted by Crippen LogP contribution is -2.60. The Hall–Kier alpha value is -1.94. The largest absolute Gasteiger partial charge is 0.457 e. The fraction of sp³-hybridized carbons (Fsp3) is 0.824. The Morgan fingerprint density at radius 1 is 0.609 bits per heavy atom. The molecule has 1 fully saturated rings. The topological polar surface area (TPSA) is 178 Å². The molecule has 0 aromatic rings. The van der Waals surface area contributed by atoms with Crippen molar-refractivity contribution in [3.63, 3.8) is 0 Å². The number of hydrogen-bond acceptors (Lipinski definition) is 11. The maximum Gasteiger partial charge on any atom is 0.397 e. The molecule has 1 heterocycles. The van der Waals surface area contributed by atoms with Crippen LogP contribution in [0.15, 0.2) is 48.6 Å². The second-order valence-corrected chi connectivity index (χ2v) is 18.4. The summed E-state index contributed by atoms with van der Waals surface area (Å²) in [4.78, 5) is 12.8. The fourth-order valence-electron chi connectivity index (χ4n) is 7.69. The first-order valence-electron chi connectivity index (χ1n) is 25.4. The van der Waals surface area contributed by atoms with Gasteiger partial charge in [-0.15, -0.1) is 0 Å². The molecule has 1 aliphatic rings. The Morgan fingerprint density at radius 3 is 1.48 bits per heavy atom. The van der Waals surface area contributed by atoms with Crippen LogP contribution in [0.4, 0.5) is 0 Å². The van der Waals surface area contributed by atoms with Gasteiger partial charge in [0.25, 0.3) is 0 Å². The molecular formula is C51H92O12S. The molecule has 1 rings (SSSR count).